The van der Waals surface area contributed by atoms with Crippen molar-refractivity contribution in [1.82, 2.24) is 0 Å². The molecular weight excluding hydrogens is 328 g/mol. The highest BCUT2D eigenvalue weighted by Crippen LogP contribution is 2.38. The second-order valence-corrected chi connectivity index (χ2v) is 7.17. The third-order valence-electron chi connectivity index (χ3n) is 4.50. The molecule has 0 bridgehead atoms. The summed E-state index contributed by atoms with van der Waals surface area (Å²) in [5.41, 5.74) is 4.68. The lowest BCUT2D eigenvalue weighted by molar-refractivity contribution is 0.415. The molecule has 0 N–H and O–H groups in total. The van der Waals surface area contributed by atoms with Crippen LogP contribution in [0.3, 0.4) is 0 Å². The van der Waals surface area contributed by atoms with E-state index in [4.69, 9.17) is 9.84 Å². The van der Waals surface area contributed by atoms with Crippen LogP contribution in [0, 0.1) is 6.92 Å². The van der Waals surface area contributed by atoms with Gasteiger partial charge >= 0.3 is 0 Å². The molecule has 4 heteroatoms. The van der Waals surface area contributed by atoms with Gasteiger partial charge in [-0.2, -0.15) is 5.10 Å². The van der Waals surface area contributed by atoms with Crippen LogP contribution in [0.2, 0.25) is 0 Å². The Bertz CT molecular complexity index is 867. The van der Waals surface area contributed by atoms with Gasteiger partial charge in [0, 0.05) is 11.3 Å². The maximum atomic E-state index is 5.28. The SMILES string of the molecule is COc1ccc(N2N=C(c3ccc(C)cc3)C[C@H]2c2cccs2)cc1. The van der Waals surface area contributed by atoms with Crippen LogP contribution in [0.1, 0.15) is 28.5 Å². The van der Waals surface area contributed by atoms with E-state index >= 15 is 0 Å². The van der Waals surface area contributed by atoms with Gasteiger partial charge in [0.1, 0.15) is 5.75 Å². The fraction of sp³-hybridized carbons (Fsp3) is 0.190. The van der Waals surface area contributed by atoms with E-state index in [-0.39, 0.29) is 6.04 Å². The molecule has 1 aliphatic heterocycles. The zero-order chi connectivity index (χ0) is 17.2. The van der Waals surface area contributed by atoms with E-state index in [2.05, 4.69) is 65.8 Å². The summed E-state index contributed by atoms with van der Waals surface area (Å²) in [5.74, 6) is 0.860. The Morgan fingerprint density at radius 3 is 2.44 bits per heavy atom. The number of rotatable bonds is 4. The Balaban J connectivity index is 1.71. The number of ether oxygens (including phenoxy) is 1. The van der Waals surface area contributed by atoms with Crippen LogP contribution in [-0.4, -0.2) is 12.8 Å². The van der Waals surface area contributed by atoms with Crippen LogP contribution in [0.15, 0.2) is 71.1 Å². The van der Waals surface area contributed by atoms with E-state index in [9.17, 15) is 0 Å². The fourth-order valence-corrected chi connectivity index (χ4v) is 3.92. The zero-order valence-corrected chi connectivity index (χ0v) is 15.2. The second-order valence-electron chi connectivity index (χ2n) is 6.19. The number of thiophene rings is 1. The molecule has 0 radical (unpaired) electrons. The first-order valence-electron chi connectivity index (χ1n) is 8.36. The Morgan fingerprint density at radius 1 is 1.04 bits per heavy atom. The summed E-state index contributed by atoms with van der Waals surface area (Å²) in [6.45, 7) is 2.11. The van der Waals surface area contributed by atoms with Gasteiger partial charge in [-0.05, 0) is 48.2 Å². The van der Waals surface area contributed by atoms with Crippen molar-refractivity contribution in [3.8, 4) is 5.75 Å². The quantitative estimate of drug-likeness (QED) is 0.629. The lowest BCUT2D eigenvalue weighted by atomic mass is 10.0. The van der Waals surface area contributed by atoms with Gasteiger partial charge < -0.3 is 4.74 Å². The maximum Gasteiger partial charge on any atom is 0.119 e. The molecule has 3 aromatic rings. The summed E-state index contributed by atoms with van der Waals surface area (Å²) in [7, 11) is 1.69. The molecule has 2 heterocycles. The molecule has 4 rings (SSSR count). The van der Waals surface area contributed by atoms with E-state index in [1.807, 2.05) is 12.1 Å². The van der Waals surface area contributed by atoms with E-state index in [0.29, 0.717) is 0 Å². The maximum absolute atomic E-state index is 5.28. The van der Waals surface area contributed by atoms with Crippen molar-refractivity contribution in [3.05, 3.63) is 82.0 Å². The molecule has 0 saturated heterocycles. The van der Waals surface area contributed by atoms with Crippen molar-refractivity contribution in [3.63, 3.8) is 0 Å². The Labute approximate surface area is 152 Å². The predicted molar refractivity (Wildman–Crippen MR) is 105 cm³/mol. The molecule has 3 nitrogen and oxygen atoms in total. The minimum atomic E-state index is 0.240. The molecule has 2 aromatic carbocycles. The average Bonchev–Trinajstić information content (AvgIpc) is 3.32. The van der Waals surface area contributed by atoms with Crippen molar-refractivity contribution >= 4 is 22.7 Å². The van der Waals surface area contributed by atoms with Crippen LogP contribution in [0.4, 0.5) is 5.69 Å². The fourth-order valence-electron chi connectivity index (χ4n) is 3.11. The largest absolute Gasteiger partial charge is 0.497 e. The lowest BCUT2D eigenvalue weighted by Crippen LogP contribution is -2.17. The molecule has 1 aliphatic rings. The Kier molecular flexibility index (Phi) is 4.28. The van der Waals surface area contributed by atoms with Crippen LogP contribution in [0.5, 0.6) is 5.75 Å². The first-order valence-corrected chi connectivity index (χ1v) is 9.24. The van der Waals surface area contributed by atoms with Gasteiger partial charge in [0.05, 0.1) is 24.6 Å². The van der Waals surface area contributed by atoms with Gasteiger partial charge in [-0.25, -0.2) is 0 Å². The molecule has 0 spiro atoms. The first-order chi connectivity index (χ1) is 12.2. The summed E-state index contributed by atoms with van der Waals surface area (Å²) < 4.78 is 5.28. The molecule has 0 amide bonds. The van der Waals surface area contributed by atoms with Gasteiger partial charge in [-0.15, -0.1) is 11.3 Å². The molecule has 25 heavy (non-hydrogen) atoms. The topological polar surface area (TPSA) is 24.8 Å². The summed E-state index contributed by atoms with van der Waals surface area (Å²) in [6, 6.07) is 21.3. The van der Waals surface area contributed by atoms with Gasteiger partial charge in [0.15, 0.2) is 0 Å². The van der Waals surface area contributed by atoms with Crippen molar-refractivity contribution in [2.24, 2.45) is 5.10 Å². The van der Waals surface area contributed by atoms with Crippen LogP contribution >= 0.6 is 11.3 Å². The number of benzene rings is 2. The van der Waals surface area contributed by atoms with Gasteiger partial charge in [-0.1, -0.05) is 35.9 Å². The second kappa shape index (κ2) is 6.73. The number of methoxy groups -OCH3 is 1. The van der Waals surface area contributed by atoms with Crippen molar-refractivity contribution in [2.75, 3.05) is 12.1 Å². The third-order valence-corrected chi connectivity index (χ3v) is 5.48. The van der Waals surface area contributed by atoms with E-state index in [1.165, 1.54) is 16.0 Å². The molecule has 0 unspecified atom stereocenters. The lowest BCUT2D eigenvalue weighted by Gasteiger charge is -2.22. The zero-order valence-electron chi connectivity index (χ0n) is 14.3. The summed E-state index contributed by atoms with van der Waals surface area (Å²) >= 11 is 1.79. The number of hydrogen-bond acceptors (Lipinski definition) is 4. The summed E-state index contributed by atoms with van der Waals surface area (Å²) in [4.78, 5) is 1.33. The highest BCUT2D eigenvalue weighted by molar-refractivity contribution is 7.10. The summed E-state index contributed by atoms with van der Waals surface area (Å²) in [6.07, 6.45) is 0.912. The van der Waals surface area contributed by atoms with Crippen molar-refractivity contribution in [1.29, 1.82) is 0 Å². The first kappa shape index (κ1) is 15.9. The highest BCUT2D eigenvalue weighted by atomic mass is 32.1. The normalized spacial score (nSPS) is 16.8. The molecule has 0 aliphatic carbocycles. The number of anilines is 1. The number of hydrogen-bond donors (Lipinski definition) is 0. The molecule has 1 atom stereocenters. The molecular formula is C21H20N2OS. The van der Waals surface area contributed by atoms with E-state index < -0.39 is 0 Å². The number of nitrogens with zero attached hydrogens (tertiary/aromatic N) is 2. The van der Waals surface area contributed by atoms with Crippen LogP contribution < -0.4 is 9.75 Å². The van der Waals surface area contributed by atoms with Crippen LogP contribution in [0.25, 0.3) is 0 Å². The highest BCUT2D eigenvalue weighted by Gasteiger charge is 2.30. The smallest absolute Gasteiger partial charge is 0.119 e. The molecule has 0 saturated carbocycles. The third kappa shape index (κ3) is 3.17. The van der Waals surface area contributed by atoms with Gasteiger partial charge in [-0.3, -0.25) is 5.01 Å². The number of hydrazone groups is 1. The molecule has 0 fully saturated rings. The monoisotopic (exact) mass is 348 g/mol. The standard InChI is InChI=1S/C21H20N2OS/c1-15-5-7-16(8-6-15)19-14-20(21-4-3-13-25-21)23(22-19)17-9-11-18(24-2)12-10-17/h3-13,20H,14H2,1-2H3/t20-/m0/s1. The Hall–Kier alpha value is -2.59. The van der Waals surface area contributed by atoms with Crippen molar-refractivity contribution in [2.45, 2.75) is 19.4 Å². The van der Waals surface area contributed by atoms with E-state index in [0.717, 1.165) is 23.6 Å². The van der Waals surface area contributed by atoms with Crippen molar-refractivity contribution < 1.29 is 4.74 Å². The molecule has 126 valence electrons. The predicted octanol–water partition coefficient (Wildman–Crippen LogP) is 5.42. The minimum absolute atomic E-state index is 0.240. The van der Waals surface area contributed by atoms with Gasteiger partial charge in [0.2, 0.25) is 0 Å². The number of aryl methyl sites for hydroxylation is 1. The Morgan fingerprint density at radius 2 is 1.80 bits per heavy atom. The van der Waals surface area contributed by atoms with Crippen LogP contribution in [-0.2, 0) is 0 Å². The average molecular weight is 348 g/mol. The van der Waals surface area contributed by atoms with E-state index in [1.54, 1.807) is 18.4 Å². The van der Waals surface area contributed by atoms with Gasteiger partial charge in [0.25, 0.3) is 0 Å². The minimum Gasteiger partial charge on any atom is -0.497 e. The summed E-state index contributed by atoms with van der Waals surface area (Å²) in [5, 5.41) is 9.24. The molecule has 1 aromatic heterocycles.